The van der Waals surface area contributed by atoms with Gasteiger partial charge in [0.1, 0.15) is 0 Å². The molecule has 5 aromatic rings. The number of rotatable bonds is 10. The molecule has 5 rings (SSSR count). The van der Waals surface area contributed by atoms with Crippen LogP contribution in [0.1, 0.15) is 40.3 Å². The Morgan fingerprint density at radius 1 is 0.878 bits per heavy atom. The molecule has 0 saturated carbocycles. The second-order valence-electron chi connectivity index (χ2n) is 10.1. The summed E-state index contributed by atoms with van der Waals surface area (Å²) in [5.74, 6) is -0.412. The third kappa shape index (κ3) is 6.98. The Kier molecular flexibility index (Phi) is 8.42. The normalized spacial score (nSPS) is 12.5. The van der Waals surface area contributed by atoms with Crippen molar-refractivity contribution in [2.45, 2.75) is 37.8 Å². The molecular weight excluding hydrogens is 532 g/mol. The average molecular weight is 565 g/mol. The van der Waals surface area contributed by atoms with Crippen molar-refractivity contribution in [3.63, 3.8) is 0 Å². The second kappa shape index (κ2) is 12.3. The van der Waals surface area contributed by atoms with E-state index in [0.717, 1.165) is 22.0 Å². The molecule has 0 spiro atoms. The van der Waals surface area contributed by atoms with E-state index in [1.807, 2.05) is 49.5 Å². The number of nitrogens with one attached hydrogen (secondary N) is 2. The average Bonchev–Trinajstić information content (AvgIpc) is 3.30. The van der Waals surface area contributed by atoms with Gasteiger partial charge >= 0.3 is 0 Å². The highest BCUT2D eigenvalue weighted by molar-refractivity contribution is 7.89. The summed E-state index contributed by atoms with van der Waals surface area (Å²) in [7, 11) is -3.85. The van der Waals surface area contributed by atoms with Crippen molar-refractivity contribution in [3.8, 4) is 0 Å². The van der Waals surface area contributed by atoms with Gasteiger partial charge in [-0.2, -0.15) is 5.10 Å². The molecule has 0 saturated heterocycles. The lowest BCUT2D eigenvalue weighted by molar-refractivity contribution is -0.121. The first-order chi connectivity index (χ1) is 19.8. The van der Waals surface area contributed by atoms with Crippen LogP contribution < -0.4 is 10.1 Å². The van der Waals surface area contributed by atoms with E-state index < -0.39 is 22.0 Å². The molecule has 208 valence electrons. The molecular formula is C33H32N4O3S. The van der Waals surface area contributed by atoms with Crippen LogP contribution in [0.3, 0.4) is 0 Å². The number of aromatic nitrogens is 1. The third-order valence-corrected chi connectivity index (χ3v) is 8.36. The van der Waals surface area contributed by atoms with Gasteiger partial charge in [0, 0.05) is 35.6 Å². The molecule has 7 nitrogen and oxygen atoms in total. The minimum Gasteiger partial charge on any atom is -0.342 e. The summed E-state index contributed by atoms with van der Waals surface area (Å²) in [5, 5.41) is 5.24. The van der Waals surface area contributed by atoms with Crippen LogP contribution in [0.5, 0.6) is 0 Å². The maximum atomic E-state index is 13.1. The SMILES string of the molecule is Cc1ccc(S(=O)(=O)N[C@H](CC(=O)N/N=C\c2cn(Cc3cccc(C)c3)c3ccccc23)c2ccccc2)cc1. The minimum absolute atomic E-state index is 0.123. The number of carbonyl (C=O) groups is 1. The molecule has 0 aliphatic carbocycles. The van der Waals surface area contributed by atoms with E-state index >= 15 is 0 Å². The van der Waals surface area contributed by atoms with Crippen LogP contribution >= 0.6 is 0 Å². The number of hydrazone groups is 1. The summed E-state index contributed by atoms with van der Waals surface area (Å²) in [6.07, 6.45) is 3.52. The molecule has 0 aliphatic rings. The van der Waals surface area contributed by atoms with Gasteiger partial charge in [0.2, 0.25) is 15.9 Å². The van der Waals surface area contributed by atoms with Gasteiger partial charge in [-0.05, 0) is 43.2 Å². The van der Waals surface area contributed by atoms with Gasteiger partial charge in [-0.3, -0.25) is 4.79 Å². The van der Waals surface area contributed by atoms with Crippen molar-refractivity contribution < 1.29 is 13.2 Å². The Balaban J connectivity index is 1.31. The molecule has 41 heavy (non-hydrogen) atoms. The molecule has 1 atom stereocenters. The lowest BCUT2D eigenvalue weighted by Crippen LogP contribution is -2.32. The van der Waals surface area contributed by atoms with Gasteiger partial charge in [0.25, 0.3) is 0 Å². The van der Waals surface area contributed by atoms with Crippen molar-refractivity contribution in [2.24, 2.45) is 5.10 Å². The zero-order chi connectivity index (χ0) is 28.8. The van der Waals surface area contributed by atoms with Crippen LogP contribution in [0.25, 0.3) is 10.9 Å². The van der Waals surface area contributed by atoms with E-state index in [0.29, 0.717) is 12.1 Å². The monoisotopic (exact) mass is 564 g/mol. The molecule has 0 fully saturated rings. The Hall–Kier alpha value is -4.53. The van der Waals surface area contributed by atoms with Gasteiger partial charge in [0.15, 0.2) is 0 Å². The number of aryl methyl sites for hydroxylation is 2. The Morgan fingerprint density at radius 2 is 1.61 bits per heavy atom. The highest BCUT2D eigenvalue weighted by atomic mass is 32.2. The number of nitrogens with zero attached hydrogens (tertiary/aromatic N) is 2. The van der Waals surface area contributed by atoms with Crippen molar-refractivity contribution in [3.05, 3.63) is 137 Å². The van der Waals surface area contributed by atoms with Crippen LogP contribution in [0, 0.1) is 13.8 Å². The fourth-order valence-corrected chi connectivity index (χ4v) is 6.03. The molecule has 1 aromatic heterocycles. The van der Waals surface area contributed by atoms with Crippen molar-refractivity contribution >= 4 is 33.0 Å². The molecule has 0 aliphatic heterocycles. The predicted molar refractivity (Wildman–Crippen MR) is 163 cm³/mol. The number of carbonyl (C=O) groups excluding carboxylic acids is 1. The molecule has 0 radical (unpaired) electrons. The van der Waals surface area contributed by atoms with Crippen LogP contribution in [0.15, 0.2) is 119 Å². The fraction of sp³-hybridized carbons (Fsp3) is 0.152. The number of hydrogen-bond acceptors (Lipinski definition) is 4. The zero-order valence-electron chi connectivity index (χ0n) is 23.0. The summed E-state index contributed by atoms with van der Waals surface area (Å²) < 4.78 is 31.1. The number of benzene rings is 4. The van der Waals surface area contributed by atoms with E-state index in [9.17, 15) is 13.2 Å². The molecule has 0 unspecified atom stereocenters. The Labute approximate surface area is 240 Å². The van der Waals surface area contributed by atoms with Crippen molar-refractivity contribution in [1.82, 2.24) is 14.7 Å². The molecule has 2 N–H and O–H groups in total. The lowest BCUT2D eigenvalue weighted by atomic mass is 10.0. The highest BCUT2D eigenvalue weighted by Gasteiger charge is 2.23. The van der Waals surface area contributed by atoms with E-state index in [-0.39, 0.29) is 11.3 Å². The number of fused-ring (bicyclic) bond motifs is 1. The molecule has 4 aromatic carbocycles. The smallest absolute Gasteiger partial charge is 0.242 e. The summed E-state index contributed by atoms with van der Waals surface area (Å²) in [4.78, 5) is 13.1. The van der Waals surface area contributed by atoms with E-state index in [2.05, 4.69) is 57.1 Å². The van der Waals surface area contributed by atoms with Gasteiger partial charge in [0.05, 0.1) is 17.2 Å². The third-order valence-electron chi connectivity index (χ3n) is 6.87. The van der Waals surface area contributed by atoms with E-state index in [1.54, 1.807) is 42.6 Å². The second-order valence-corrected chi connectivity index (χ2v) is 11.8. The van der Waals surface area contributed by atoms with Gasteiger partial charge in [-0.1, -0.05) is 96.1 Å². The number of amides is 1. The lowest BCUT2D eigenvalue weighted by Gasteiger charge is -2.18. The molecule has 8 heteroatoms. The van der Waals surface area contributed by atoms with Crippen molar-refractivity contribution in [1.29, 1.82) is 0 Å². The summed E-state index contributed by atoms with van der Waals surface area (Å²) in [5.41, 5.74) is 8.56. The predicted octanol–water partition coefficient (Wildman–Crippen LogP) is 5.87. The first-order valence-electron chi connectivity index (χ1n) is 13.4. The maximum absolute atomic E-state index is 13.1. The largest absolute Gasteiger partial charge is 0.342 e. The summed E-state index contributed by atoms with van der Waals surface area (Å²) in [6.45, 7) is 4.68. The van der Waals surface area contributed by atoms with Gasteiger partial charge in [-0.15, -0.1) is 0 Å². The fourth-order valence-electron chi connectivity index (χ4n) is 4.81. The van der Waals surface area contributed by atoms with Crippen molar-refractivity contribution in [2.75, 3.05) is 0 Å². The highest BCUT2D eigenvalue weighted by Crippen LogP contribution is 2.23. The van der Waals surface area contributed by atoms with E-state index in [1.165, 1.54) is 11.1 Å². The van der Waals surface area contributed by atoms with Crippen LogP contribution in [0.2, 0.25) is 0 Å². The Morgan fingerprint density at radius 3 is 2.37 bits per heavy atom. The standard InChI is InChI=1S/C33H32N4O3S/c1-24-15-17-29(18-16-24)41(39,40)36-31(27-11-4-3-5-12-27)20-33(38)35-34-21-28-23-37(32-14-7-6-13-30(28)32)22-26-10-8-9-25(2)19-26/h3-19,21,23,31,36H,20,22H2,1-2H3,(H,35,38)/b34-21-/t31-/m1/s1. The molecule has 0 bridgehead atoms. The summed E-state index contributed by atoms with van der Waals surface area (Å²) in [6, 6.07) is 31.3. The quantitative estimate of drug-likeness (QED) is 0.164. The zero-order valence-corrected chi connectivity index (χ0v) is 23.8. The van der Waals surface area contributed by atoms with E-state index in [4.69, 9.17) is 0 Å². The maximum Gasteiger partial charge on any atom is 0.242 e. The first-order valence-corrected chi connectivity index (χ1v) is 14.9. The number of para-hydroxylation sites is 1. The van der Waals surface area contributed by atoms with Crippen LogP contribution in [-0.2, 0) is 21.4 Å². The minimum atomic E-state index is -3.85. The topological polar surface area (TPSA) is 92.6 Å². The Bertz CT molecular complexity index is 1790. The number of sulfonamides is 1. The first kappa shape index (κ1) is 28.0. The molecule has 1 heterocycles. The number of hydrogen-bond donors (Lipinski definition) is 2. The van der Waals surface area contributed by atoms with Gasteiger partial charge < -0.3 is 4.57 Å². The van der Waals surface area contributed by atoms with Crippen LogP contribution in [-0.4, -0.2) is 25.1 Å². The van der Waals surface area contributed by atoms with Crippen LogP contribution in [0.4, 0.5) is 0 Å². The molecule has 1 amide bonds. The van der Waals surface area contributed by atoms with Gasteiger partial charge in [-0.25, -0.2) is 18.6 Å². The summed E-state index contributed by atoms with van der Waals surface area (Å²) >= 11 is 0.